The minimum absolute atomic E-state index is 0.203. The predicted molar refractivity (Wildman–Crippen MR) is 86.1 cm³/mol. The second kappa shape index (κ2) is 7.64. The fourth-order valence-corrected chi connectivity index (χ4v) is 3.01. The van der Waals surface area contributed by atoms with Crippen molar-refractivity contribution in [2.75, 3.05) is 27.2 Å². The first-order valence-electron chi connectivity index (χ1n) is 7.97. The first-order valence-corrected chi connectivity index (χ1v) is 7.97. The van der Waals surface area contributed by atoms with Crippen LogP contribution in [0.5, 0.6) is 5.75 Å². The van der Waals surface area contributed by atoms with E-state index in [9.17, 15) is 14.3 Å². The lowest BCUT2D eigenvalue weighted by Crippen LogP contribution is -2.46. The van der Waals surface area contributed by atoms with E-state index in [1.165, 1.54) is 18.1 Å². The Morgan fingerprint density at radius 2 is 2.13 bits per heavy atom. The minimum Gasteiger partial charge on any atom is -0.494 e. The maximum Gasteiger partial charge on any atom is 0.317 e. The number of hydrogen-bond donors (Lipinski definition) is 2. The van der Waals surface area contributed by atoms with E-state index in [0.29, 0.717) is 19.5 Å². The van der Waals surface area contributed by atoms with Crippen LogP contribution < -0.4 is 10.1 Å². The largest absolute Gasteiger partial charge is 0.494 e. The van der Waals surface area contributed by atoms with E-state index < -0.39 is 11.4 Å². The van der Waals surface area contributed by atoms with Crippen molar-refractivity contribution in [3.05, 3.63) is 29.6 Å². The molecule has 0 spiro atoms. The Labute approximate surface area is 136 Å². The molecule has 0 aromatic heterocycles. The van der Waals surface area contributed by atoms with Gasteiger partial charge < -0.3 is 20.1 Å². The van der Waals surface area contributed by atoms with Crippen molar-refractivity contribution < 1.29 is 19.0 Å². The molecule has 0 atom stereocenters. The Morgan fingerprint density at radius 3 is 2.78 bits per heavy atom. The van der Waals surface area contributed by atoms with Gasteiger partial charge in [-0.15, -0.1) is 0 Å². The minimum atomic E-state index is -0.740. The van der Waals surface area contributed by atoms with Crippen LogP contribution in [0.25, 0.3) is 0 Å². The third-order valence-electron chi connectivity index (χ3n) is 4.32. The number of aliphatic hydroxyl groups is 1. The number of ether oxygens (including phenoxy) is 1. The van der Waals surface area contributed by atoms with Crippen LogP contribution in [-0.2, 0) is 6.42 Å². The highest BCUT2D eigenvalue weighted by Gasteiger charge is 2.33. The number of urea groups is 1. The monoisotopic (exact) mass is 324 g/mol. The van der Waals surface area contributed by atoms with E-state index in [1.807, 2.05) is 0 Å². The highest BCUT2D eigenvalue weighted by molar-refractivity contribution is 5.73. The van der Waals surface area contributed by atoms with E-state index in [2.05, 4.69) is 5.32 Å². The number of rotatable bonds is 6. The molecule has 1 aromatic rings. The zero-order chi connectivity index (χ0) is 16.9. The zero-order valence-electron chi connectivity index (χ0n) is 13.8. The third kappa shape index (κ3) is 4.82. The maximum atomic E-state index is 13.3. The number of likely N-dealkylation sites (N-methyl/N-ethyl adjacent to an activating group) is 1. The van der Waals surface area contributed by atoms with E-state index in [0.717, 1.165) is 31.2 Å². The molecule has 1 fully saturated rings. The molecule has 2 amide bonds. The van der Waals surface area contributed by atoms with Crippen molar-refractivity contribution in [1.82, 2.24) is 10.2 Å². The number of carbonyl (C=O) groups is 1. The number of methoxy groups -OCH3 is 1. The molecule has 2 N–H and O–H groups in total. The van der Waals surface area contributed by atoms with Gasteiger partial charge in [0.1, 0.15) is 0 Å². The molecule has 0 heterocycles. The molecule has 1 aliphatic carbocycles. The molecule has 0 unspecified atom stereocenters. The number of amides is 2. The summed E-state index contributed by atoms with van der Waals surface area (Å²) in [6.07, 6.45) is 4.11. The highest BCUT2D eigenvalue weighted by Crippen LogP contribution is 2.29. The molecular formula is C17H25FN2O3. The van der Waals surface area contributed by atoms with E-state index in [1.54, 1.807) is 19.2 Å². The van der Waals surface area contributed by atoms with Gasteiger partial charge in [-0.3, -0.25) is 0 Å². The summed E-state index contributed by atoms with van der Waals surface area (Å²) in [4.78, 5) is 13.6. The number of halogens is 1. The Balaban J connectivity index is 1.78. The van der Waals surface area contributed by atoms with Crippen LogP contribution >= 0.6 is 0 Å². The first-order chi connectivity index (χ1) is 10.9. The van der Waals surface area contributed by atoms with Gasteiger partial charge in [0.25, 0.3) is 0 Å². The Bertz CT molecular complexity index is 545. The number of nitrogens with one attached hydrogen (secondary N) is 1. The molecule has 0 aliphatic heterocycles. The molecule has 1 aromatic carbocycles. The van der Waals surface area contributed by atoms with Gasteiger partial charge in [0.05, 0.1) is 19.3 Å². The van der Waals surface area contributed by atoms with Gasteiger partial charge in [0.2, 0.25) is 0 Å². The van der Waals surface area contributed by atoms with Crippen LogP contribution in [0.2, 0.25) is 0 Å². The van der Waals surface area contributed by atoms with Gasteiger partial charge in [-0.2, -0.15) is 0 Å². The fraction of sp³-hybridized carbons (Fsp3) is 0.588. The highest BCUT2D eigenvalue weighted by atomic mass is 19.1. The summed E-state index contributed by atoms with van der Waals surface area (Å²) in [5, 5.41) is 13.1. The number of hydrogen-bond acceptors (Lipinski definition) is 3. The van der Waals surface area contributed by atoms with Gasteiger partial charge in [-0.1, -0.05) is 18.9 Å². The molecule has 1 aliphatic rings. The molecule has 23 heavy (non-hydrogen) atoms. The van der Waals surface area contributed by atoms with Crippen molar-refractivity contribution in [3.63, 3.8) is 0 Å². The Hall–Kier alpha value is -1.82. The SMILES string of the molecule is COc1cc(CCNC(=O)N(C)CC2(O)CCCC2)ccc1F. The molecule has 0 bridgehead atoms. The fourth-order valence-electron chi connectivity index (χ4n) is 3.01. The quantitative estimate of drug-likeness (QED) is 0.844. The second-order valence-electron chi connectivity index (χ2n) is 6.24. The van der Waals surface area contributed by atoms with E-state index >= 15 is 0 Å². The number of nitrogens with zero attached hydrogens (tertiary/aromatic N) is 1. The molecule has 1 saturated carbocycles. The smallest absolute Gasteiger partial charge is 0.317 e. The summed E-state index contributed by atoms with van der Waals surface area (Å²) in [5.41, 5.74) is 0.150. The van der Waals surface area contributed by atoms with Gasteiger partial charge in [-0.25, -0.2) is 9.18 Å². The molecular weight excluding hydrogens is 299 g/mol. The normalized spacial score (nSPS) is 16.2. The van der Waals surface area contributed by atoms with E-state index in [4.69, 9.17) is 4.74 Å². The van der Waals surface area contributed by atoms with Crippen LogP contribution in [0.3, 0.4) is 0 Å². The molecule has 0 radical (unpaired) electrons. The van der Waals surface area contributed by atoms with Gasteiger partial charge >= 0.3 is 6.03 Å². The predicted octanol–water partition coefficient (Wildman–Crippen LogP) is 2.32. The molecule has 6 heteroatoms. The lowest BCUT2D eigenvalue weighted by molar-refractivity contribution is 0.0248. The van der Waals surface area contributed by atoms with Gasteiger partial charge in [0.15, 0.2) is 11.6 Å². The summed E-state index contributed by atoms with van der Waals surface area (Å²) in [6, 6.07) is 4.46. The van der Waals surface area contributed by atoms with Crippen LogP contribution in [0, 0.1) is 5.82 Å². The van der Waals surface area contributed by atoms with Crippen LogP contribution in [-0.4, -0.2) is 48.9 Å². The molecule has 128 valence electrons. The summed E-state index contributed by atoms with van der Waals surface area (Å²) >= 11 is 0. The Morgan fingerprint density at radius 1 is 1.43 bits per heavy atom. The first kappa shape index (κ1) is 17.5. The molecule has 0 saturated heterocycles. The third-order valence-corrected chi connectivity index (χ3v) is 4.32. The summed E-state index contributed by atoms with van der Waals surface area (Å²) in [5.74, 6) is -0.195. The van der Waals surface area contributed by atoms with Gasteiger partial charge in [0, 0.05) is 13.6 Å². The van der Waals surface area contributed by atoms with Crippen LogP contribution in [0.4, 0.5) is 9.18 Å². The van der Waals surface area contributed by atoms with Crippen molar-refractivity contribution in [2.45, 2.75) is 37.7 Å². The lowest BCUT2D eigenvalue weighted by atomic mass is 10.0. The lowest BCUT2D eigenvalue weighted by Gasteiger charge is -2.28. The summed E-state index contributed by atoms with van der Waals surface area (Å²) in [7, 11) is 3.11. The number of carbonyl (C=O) groups excluding carboxylic acids is 1. The van der Waals surface area contributed by atoms with E-state index in [-0.39, 0.29) is 11.8 Å². The van der Waals surface area contributed by atoms with Crippen molar-refractivity contribution in [3.8, 4) is 5.75 Å². The summed E-state index contributed by atoms with van der Waals surface area (Å²) < 4.78 is 18.3. The average molecular weight is 324 g/mol. The molecule has 2 rings (SSSR count). The van der Waals surface area contributed by atoms with Crippen LogP contribution in [0.15, 0.2) is 18.2 Å². The van der Waals surface area contributed by atoms with Gasteiger partial charge in [-0.05, 0) is 37.0 Å². The Kier molecular flexibility index (Phi) is 5.82. The van der Waals surface area contributed by atoms with Crippen molar-refractivity contribution in [2.24, 2.45) is 0 Å². The topological polar surface area (TPSA) is 61.8 Å². The maximum absolute atomic E-state index is 13.3. The van der Waals surface area contributed by atoms with Crippen LogP contribution in [0.1, 0.15) is 31.2 Å². The standard InChI is InChI=1S/C17H25FN2O3/c1-20(12-17(22)8-3-4-9-17)16(21)19-10-7-13-5-6-14(18)15(11-13)23-2/h5-6,11,22H,3-4,7-10,12H2,1-2H3,(H,19,21). The van der Waals surface area contributed by atoms with Crippen molar-refractivity contribution in [1.29, 1.82) is 0 Å². The zero-order valence-corrected chi connectivity index (χ0v) is 13.8. The van der Waals surface area contributed by atoms with Crippen molar-refractivity contribution >= 4 is 6.03 Å². The average Bonchev–Trinajstić information content (AvgIpc) is 2.95. The number of benzene rings is 1. The second-order valence-corrected chi connectivity index (χ2v) is 6.24. The molecule has 5 nitrogen and oxygen atoms in total. The summed E-state index contributed by atoms with van der Waals surface area (Å²) in [6.45, 7) is 0.791.